The Morgan fingerprint density at radius 1 is 1.22 bits per heavy atom. The number of hydrogen-bond donors (Lipinski definition) is 1. The predicted molar refractivity (Wildman–Crippen MR) is 71.1 cm³/mol. The first-order chi connectivity index (χ1) is 8.58. The number of rotatable bonds is 7. The highest BCUT2D eigenvalue weighted by molar-refractivity contribution is 5.92. The van der Waals surface area contributed by atoms with Crippen molar-refractivity contribution in [3.63, 3.8) is 0 Å². The van der Waals surface area contributed by atoms with E-state index in [0.717, 1.165) is 18.5 Å². The topological polar surface area (TPSA) is 52.7 Å². The van der Waals surface area contributed by atoms with Gasteiger partial charge >= 0.3 is 0 Å². The van der Waals surface area contributed by atoms with E-state index in [1.54, 1.807) is 9.80 Å². The van der Waals surface area contributed by atoms with E-state index in [2.05, 4.69) is 18.8 Å². The van der Waals surface area contributed by atoms with Gasteiger partial charge in [-0.1, -0.05) is 13.5 Å². The van der Waals surface area contributed by atoms with Gasteiger partial charge in [0.25, 0.3) is 0 Å². The van der Waals surface area contributed by atoms with E-state index in [1.807, 2.05) is 6.92 Å². The Morgan fingerprint density at radius 3 is 2.44 bits per heavy atom. The molecule has 1 fully saturated rings. The van der Waals surface area contributed by atoms with Gasteiger partial charge in [-0.25, -0.2) is 0 Å². The van der Waals surface area contributed by atoms with Crippen molar-refractivity contribution in [3.05, 3.63) is 12.2 Å². The number of nitrogens with zero attached hydrogens (tertiary/aromatic N) is 2. The molecule has 5 heteroatoms. The lowest BCUT2D eigenvalue weighted by Crippen LogP contribution is -2.54. The monoisotopic (exact) mass is 253 g/mol. The van der Waals surface area contributed by atoms with E-state index in [-0.39, 0.29) is 24.9 Å². The van der Waals surface area contributed by atoms with Crippen LogP contribution in [0.5, 0.6) is 0 Å². The summed E-state index contributed by atoms with van der Waals surface area (Å²) in [7, 11) is 0. The van der Waals surface area contributed by atoms with E-state index in [4.69, 9.17) is 0 Å². The van der Waals surface area contributed by atoms with Crippen LogP contribution in [0.15, 0.2) is 12.2 Å². The number of hydrogen-bond acceptors (Lipinski definition) is 3. The maximum atomic E-state index is 11.8. The van der Waals surface area contributed by atoms with Crippen LogP contribution in [0.4, 0.5) is 0 Å². The van der Waals surface area contributed by atoms with E-state index in [1.165, 1.54) is 0 Å². The molecule has 0 saturated carbocycles. The van der Waals surface area contributed by atoms with Crippen molar-refractivity contribution >= 4 is 11.8 Å². The van der Waals surface area contributed by atoms with E-state index in [9.17, 15) is 9.59 Å². The average Bonchev–Trinajstić information content (AvgIpc) is 2.33. The van der Waals surface area contributed by atoms with Crippen LogP contribution in [-0.2, 0) is 9.59 Å². The molecule has 18 heavy (non-hydrogen) atoms. The Hall–Kier alpha value is -1.36. The summed E-state index contributed by atoms with van der Waals surface area (Å²) in [6.07, 6.45) is 1.07. The van der Waals surface area contributed by atoms with Gasteiger partial charge in [0.2, 0.25) is 11.8 Å². The van der Waals surface area contributed by atoms with Gasteiger partial charge < -0.3 is 15.1 Å². The Balaban J connectivity index is 2.40. The molecule has 1 N–H and O–H groups in total. The molecule has 1 heterocycles. The molecule has 0 aromatic rings. The molecule has 0 atom stereocenters. The minimum atomic E-state index is 0.00749. The zero-order chi connectivity index (χ0) is 13.5. The van der Waals surface area contributed by atoms with Crippen molar-refractivity contribution < 1.29 is 9.59 Å². The summed E-state index contributed by atoms with van der Waals surface area (Å²) < 4.78 is 0. The highest BCUT2D eigenvalue weighted by atomic mass is 16.2. The van der Waals surface area contributed by atoms with Crippen molar-refractivity contribution in [2.24, 2.45) is 0 Å². The molecule has 1 rings (SSSR count). The lowest BCUT2D eigenvalue weighted by Gasteiger charge is -2.33. The maximum Gasteiger partial charge on any atom is 0.242 e. The number of nitrogens with one attached hydrogen (secondary N) is 1. The average molecular weight is 253 g/mol. The number of amides is 2. The first kappa shape index (κ1) is 14.7. The summed E-state index contributed by atoms with van der Waals surface area (Å²) in [4.78, 5) is 26.7. The molecule has 0 aromatic heterocycles. The van der Waals surface area contributed by atoms with Crippen LogP contribution in [0.1, 0.15) is 20.3 Å². The number of carbonyl (C=O) groups is 2. The van der Waals surface area contributed by atoms with Gasteiger partial charge in [-0.3, -0.25) is 9.59 Å². The first-order valence-electron chi connectivity index (χ1n) is 6.51. The summed E-state index contributed by atoms with van der Waals surface area (Å²) in [5.41, 5.74) is 0.939. The Kier molecular flexibility index (Phi) is 5.85. The second-order valence-corrected chi connectivity index (χ2v) is 4.58. The predicted octanol–water partition coefficient (Wildman–Crippen LogP) is 0.233. The summed E-state index contributed by atoms with van der Waals surface area (Å²) in [5.74, 6) is 0.0273. The van der Waals surface area contributed by atoms with E-state index < -0.39 is 0 Å². The zero-order valence-corrected chi connectivity index (χ0v) is 11.4. The fraction of sp³-hybridized carbons (Fsp3) is 0.692. The fourth-order valence-corrected chi connectivity index (χ4v) is 1.90. The molecule has 5 nitrogen and oxygen atoms in total. The normalized spacial score (nSPS) is 16.3. The molecule has 1 saturated heterocycles. The minimum Gasteiger partial charge on any atom is -0.332 e. The van der Waals surface area contributed by atoms with Crippen molar-refractivity contribution in [3.8, 4) is 0 Å². The third-order valence-corrected chi connectivity index (χ3v) is 2.96. The lowest BCUT2D eigenvalue weighted by molar-refractivity contribution is -0.149. The molecular formula is C13H23N3O2. The van der Waals surface area contributed by atoms with Gasteiger partial charge in [0.05, 0.1) is 6.54 Å². The Bertz CT molecular complexity index is 328. The highest BCUT2D eigenvalue weighted by Crippen LogP contribution is 2.06. The molecular weight excluding hydrogens is 230 g/mol. The Morgan fingerprint density at radius 2 is 1.83 bits per heavy atom. The maximum absolute atomic E-state index is 11.8. The summed E-state index contributed by atoms with van der Waals surface area (Å²) in [6.45, 7) is 11.0. The molecule has 0 aliphatic carbocycles. The second-order valence-electron chi connectivity index (χ2n) is 4.58. The Labute approximate surface area is 109 Å². The zero-order valence-electron chi connectivity index (χ0n) is 11.4. The van der Waals surface area contributed by atoms with Crippen molar-refractivity contribution in [1.82, 2.24) is 15.1 Å². The fourth-order valence-electron chi connectivity index (χ4n) is 1.90. The van der Waals surface area contributed by atoms with Crippen molar-refractivity contribution in [2.45, 2.75) is 20.3 Å². The third-order valence-electron chi connectivity index (χ3n) is 2.96. The van der Waals surface area contributed by atoms with Crippen LogP contribution in [0.25, 0.3) is 0 Å². The van der Waals surface area contributed by atoms with Gasteiger partial charge in [-0.2, -0.15) is 0 Å². The smallest absolute Gasteiger partial charge is 0.242 e. The van der Waals surface area contributed by atoms with Crippen LogP contribution in [0.3, 0.4) is 0 Å². The van der Waals surface area contributed by atoms with Crippen molar-refractivity contribution in [1.29, 1.82) is 0 Å². The van der Waals surface area contributed by atoms with Crippen LogP contribution < -0.4 is 5.32 Å². The molecule has 0 bridgehead atoms. The molecule has 0 spiro atoms. The van der Waals surface area contributed by atoms with Gasteiger partial charge in [-0.05, 0) is 25.5 Å². The molecule has 0 radical (unpaired) electrons. The quantitative estimate of drug-likeness (QED) is 0.522. The van der Waals surface area contributed by atoms with Crippen molar-refractivity contribution in [2.75, 3.05) is 39.3 Å². The molecule has 1 aliphatic rings. The van der Waals surface area contributed by atoms with Gasteiger partial charge in [0, 0.05) is 19.6 Å². The third kappa shape index (κ3) is 4.14. The number of piperazine rings is 1. The van der Waals surface area contributed by atoms with Crippen LogP contribution in [0.2, 0.25) is 0 Å². The van der Waals surface area contributed by atoms with E-state index >= 15 is 0 Å². The van der Waals surface area contributed by atoms with Gasteiger partial charge in [0.1, 0.15) is 6.54 Å². The second kappa shape index (κ2) is 7.16. The van der Waals surface area contributed by atoms with Gasteiger partial charge in [0.15, 0.2) is 0 Å². The highest BCUT2D eigenvalue weighted by Gasteiger charge is 2.28. The number of carbonyl (C=O) groups excluding carboxylic acids is 2. The van der Waals surface area contributed by atoms with Crippen LogP contribution >= 0.6 is 0 Å². The minimum absolute atomic E-state index is 0.00749. The molecule has 102 valence electrons. The first-order valence-corrected chi connectivity index (χ1v) is 6.51. The summed E-state index contributed by atoms with van der Waals surface area (Å²) in [5, 5.41) is 3.24. The standard InChI is InChI=1S/C13H23N3O2/c1-4-6-14-7-11(3)8-16-10-12(17)15(5-2)9-13(16)18/h14H,3-10H2,1-2H3. The number of likely N-dealkylation sites (N-methyl/N-ethyl adjacent to an activating group) is 1. The van der Waals surface area contributed by atoms with Crippen LogP contribution in [-0.4, -0.2) is 60.9 Å². The molecule has 2 amide bonds. The summed E-state index contributed by atoms with van der Waals surface area (Å²) in [6, 6.07) is 0. The molecule has 1 aliphatic heterocycles. The SMILES string of the molecule is C=C(CNCCC)CN1CC(=O)N(CC)CC1=O. The van der Waals surface area contributed by atoms with E-state index in [0.29, 0.717) is 19.6 Å². The lowest BCUT2D eigenvalue weighted by atomic mass is 10.2. The van der Waals surface area contributed by atoms with Crippen LogP contribution in [0, 0.1) is 0 Å². The molecule has 0 unspecified atom stereocenters. The molecule has 0 aromatic carbocycles. The largest absolute Gasteiger partial charge is 0.332 e. The van der Waals surface area contributed by atoms with Gasteiger partial charge in [-0.15, -0.1) is 0 Å². The summed E-state index contributed by atoms with van der Waals surface area (Å²) >= 11 is 0.